The van der Waals surface area contributed by atoms with Crippen LogP contribution in [0, 0.1) is 6.92 Å². The molecule has 0 bridgehead atoms. The highest BCUT2D eigenvalue weighted by Crippen LogP contribution is 2.24. The number of aryl methyl sites for hydroxylation is 1. The largest absolute Gasteiger partial charge is 0.444 e. The van der Waals surface area contributed by atoms with Crippen molar-refractivity contribution < 1.29 is 18.7 Å². The first-order valence-electron chi connectivity index (χ1n) is 9.50. The van der Waals surface area contributed by atoms with Crippen molar-refractivity contribution in [3.8, 4) is 11.5 Å². The number of amides is 2. The van der Waals surface area contributed by atoms with Crippen LogP contribution in [0.2, 0.25) is 0 Å². The van der Waals surface area contributed by atoms with E-state index in [-0.39, 0.29) is 17.8 Å². The molecule has 9 heteroatoms. The smallest absolute Gasteiger partial charge is 0.410 e. The van der Waals surface area contributed by atoms with Gasteiger partial charge in [-0.15, -0.1) is 10.2 Å². The Kier molecular flexibility index (Phi) is 6.46. The first-order valence-corrected chi connectivity index (χ1v) is 10.5. The second kappa shape index (κ2) is 8.86. The van der Waals surface area contributed by atoms with Crippen molar-refractivity contribution in [3.63, 3.8) is 0 Å². The molecule has 3 rings (SSSR count). The van der Waals surface area contributed by atoms with E-state index in [4.69, 9.17) is 9.15 Å². The van der Waals surface area contributed by atoms with Crippen LogP contribution in [0.1, 0.15) is 26.3 Å². The summed E-state index contributed by atoms with van der Waals surface area (Å²) in [5, 5.41) is 8.41. The minimum Gasteiger partial charge on any atom is -0.444 e. The average Bonchev–Trinajstić information content (AvgIpc) is 3.14. The fourth-order valence-electron chi connectivity index (χ4n) is 2.76. The van der Waals surface area contributed by atoms with Crippen molar-refractivity contribution in [1.82, 2.24) is 20.0 Å². The number of rotatable bonds is 4. The molecular formula is C20H26N4O4S. The second-order valence-corrected chi connectivity index (χ2v) is 8.80. The molecule has 0 atom stereocenters. The molecule has 2 amide bonds. The number of piperazine rings is 1. The number of carbonyl (C=O) groups is 2. The zero-order chi connectivity index (χ0) is 21.0. The highest BCUT2D eigenvalue weighted by Gasteiger charge is 2.27. The van der Waals surface area contributed by atoms with Crippen LogP contribution >= 0.6 is 11.8 Å². The van der Waals surface area contributed by atoms with E-state index in [1.807, 2.05) is 52.0 Å². The summed E-state index contributed by atoms with van der Waals surface area (Å²) >= 11 is 1.22. The van der Waals surface area contributed by atoms with Gasteiger partial charge in [0.2, 0.25) is 11.8 Å². The lowest BCUT2D eigenvalue weighted by atomic mass is 10.1. The highest BCUT2D eigenvalue weighted by molar-refractivity contribution is 7.99. The topological polar surface area (TPSA) is 88.8 Å². The van der Waals surface area contributed by atoms with Crippen LogP contribution in [0.25, 0.3) is 11.5 Å². The standard InChI is InChI=1S/C20H26N4O4S/c1-14-5-7-15(8-6-14)17-21-22-18(27-17)29-13-16(25)23-9-11-24(12-10-23)19(26)28-20(2,3)4/h5-8H,9-13H2,1-4H3. The van der Waals surface area contributed by atoms with E-state index in [0.29, 0.717) is 37.3 Å². The van der Waals surface area contributed by atoms with Crippen LogP contribution in [0.4, 0.5) is 4.79 Å². The molecule has 1 aromatic heterocycles. The third-order valence-electron chi connectivity index (χ3n) is 4.31. The van der Waals surface area contributed by atoms with Gasteiger partial charge in [-0.25, -0.2) is 4.79 Å². The SMILES string of the molecule is Cc1ccc(-c2nnc(SCC(=O)N3CCN(C(=O)OC(C)(C)C)CC3)o2)cc1. The molecule has 0 spiro atoms. The van der Waals surface area contributed by atoms with Crippen molar-refractivity contribution in [2.45, 2.75) is 38.5 Å². The predicted molar refractivity (Wildman–Crippen MR) is 110 cm³/mol. The molecule has 1 saturated heterocycles. The molecule has 1 aliphatic rings. The maximum absolute atomic E-state index is 12.5. The Morgan fingerprint density at radius 2 is 1.69 bits per heavy atom. The van der Waals surface area contributed by atoms with Gasteiger partial charge < -0.3 is 19.0 Å². The third kappa shape index (κ3) is 5.96. The summed E-state index contributed by atoms with van der Waals surface area (Å²) in [6.45, 7) is 9.41. The van der Waals surface area contributed by atoms with Crippen molar-refractivity contribution in [3.05, 3.63) is 29.8 Å². The molecule has 29 heavy (non-hydrogen) atoms. The molecule has 0 saturated carbocycles. The fourth-order valence-corrected chi connectivity index (χ4v) is 3.43. The minimum atomic E-state index is -0.526. The maximum Gasteiger partial charge on any atom is 0.410 e. The minimum absolute atomic E-state index is 0.0195. The lowest BCUT2D eigenvalue weighted by molar-refractivity contribution is -0.130. The van der Waals surface area contributed by atoms with Gasteiger partial charge in [0.15, 0.2) is 0 Å². The summed E-state index contributed by atoms with van der Waals surface area (Å²) in [6, 6.07) is 7.80. The van der Waals surface area contributed by atoms with E-state index in [1.54, 1.807) is 9.80 Å². The Morgan fingerprint density at radius 1 is 1.07 bits per heavy atom. The fraction of sp³-hybridized carbons (Fsp3) is 0.500. The van der Waals surface area contributed by atoms with E-state index >= 15 is 0 Å². The van der Waals surface area contributed by atoms with Gasteiger partial charge in [0.1, 0.15) is 5.60 Å². The molecule has 1 fully saturated rings. The second-order valence-electron chi connectivity index (χ2n) is 7.88. The molecule has 0 N–H and O–H groups in total. The molecule has 8 nitrogen and oxygen atoms in total. The number of ether oxygens (including phenoxy) is 1. The van der Waals surface area contributed by atoms with Crippen LogP contribution < -0.4 is 0 Å². The molecule has 2 heterocycles. The van der Waals surface area contributed by atoms with Gasteiger partial charge in [0, 0.05) is 31.7 Å². The number of carbonyl (C=O) groups excluding carboxylic acids is 2. The highest BCUT2D eigenvalue weighted by atomic mass is 32.2. The molecule has 0 unspecified atom stereocenters. The van der Waals surface area contributed by atoms with Gasteiger partial charge in [-0.2, -0.15) is 0 Å². The Hall–Kier alpha value is -2.55. The first kappa shape index (κ1) is 21.2. The van der Waals surface area contributed by atoms with E-state index in [0.717, 1.165) is 11.1 Å². The number of thioether (sulfide) groups is 1. The molecular weight excluding hydrogens is 392 g/mol. The Labute approximate surface area is 174 Å². The van der Waals surface area contributed by atoms with Crippen molar-refractivity contribution >= 4 is 23.8 Å². The van der Waals surface area contributed by atoms with Crippen LogP contribution in [-0.2, 0) is 9.53 Å². The molecule has 1 aromatic carbocycles. The monoisotopic (exact) mass is 418 g/mol. The first-order chi connectivity index (χ1) is 13.7. The van der Waals surface area contributed by atoms with Gasteiger partial charge in [-0.1, -0.05) is 29.5 Å². The Bertz CT molecular complexity index is 852. The van der Waals surface area contributed by atoms with E-state index in [9.17, 15) is 9.59 Å². The van der Waals surface area contributed by atoms with Gasteiger partial charge in [-0.3, -0.25) is 4.79 Å². The summed E-state index contributed by atoms with van der Waals surface area (Å²) in [5.41, 5.74) is 1.47. The van der Waals surface area contributed by atoms with Gasteiger partial charge >= 0.3 is 6.09 Å². The normalized spacial score (nSPS) is 14.8. The van der Waals surface area contributed by atoms with E-state index in [1.165, 1.54) is 11.8 Å². The predicted octanol–water partition coefficient (Wildman–Crippen LogP) is 3.22. The van der Waals surface area contributed by atoms with Gasteiger partial charge in [0.05, 0.1) is 5.75 Å². The molecule has 156 valence electrons. The summed E-state index contributed by atoms with van der Waals surface area (Å²) in [5.74, 6) is 0.627. The Balaban J connectivity index is 1.46. The van der Waals surface area contributed by atoms with Crippen LogP contribution in [0.5, 0.6) is 0 Å². The number of hydrogen-bond acceptors (Lipinski definition) is 7. The van der Waals surface area contributed by atoms with Gasteiger partial charge in [-0.05, 0) is 39.8 Å². The number of hydrogen-bond donors (Lipinski definition) is 0. The number of nitrogens with zero attached hydrogens (tertiary/aromatic N) is 4. The lowest BCUT2D eigenvalue weighted by Gasteiger charge is -2.35. The van der Waals surface area contributed by atoms with Crippen molar-refractivity contribution in [2.75, 3.05) is 31.9 Å². The Morgan fingerprint density at radius 3 is 2.31 bits per heavy atom. The summed E-state index contributed by atoms with van der Waals surface area (Å²) in [7, 11) is 0. The van der Waals surface area contributed by atoms with Crippen LogP contribution in [0.3, 0.4) is 0 Å². The number of aromatic nitrogens is 2. The average molecular weight is 419 g/mol. The van der Waals surface area contributed by atoms with E-state index < -0.39 is 5.60 Å². The molecule has 1 aliphatic heterocycles. The lowest BCUT2D eigenvalue weighted by Crippen LogP contribution is -2.52. The van der Waals surface area contributed by atoms with E-state index in [2.05, 4.69) is 10.2 Å². The summed E-state index contributed by atoms with van der Waals surface area (Å²) in [4.78, 5) is 28.0. The maximum atomic E-state index is 12.5. The zero-order valence-electron chi connectivity index (χ0n) is 17.2. The third-order valence-corrected chi connectivity index (χ3v) is 5.11. The zero-order valence-corrected chi connectivity index (χ0v) is 18.0. The molecule has 2 aromatic rings. The van der Waals surface area contributed by atoms with Crippen molar-refractivity contribution in [1.29, 1.82) is 0 Å². The van der Waals surface area contributed by atoms with Crippen LogP contribution in [-0.4, -0.2) is 69.5 Å². The quantitative estimate of drug-likeness (QED) is 0.704. The van der Waals surface area contributed by atoms with Gasteiger partial charge in [0.25, 0.3) is 5.22 Å². The van der Waals surface area contributed by atoms with Crippen molar-refractivity contribution in [2.24, 2.45) is 0 Å². The summed E-state index contributed by atoms with van der Waals surface area (Å²) in [6.07, 6.45) is -0.339. The number of benzene rings is 1. The van der Waals surface area contributed by atoms with Crippen LogP contribution in [0.15, 0.2) is 33.9 Å². The molecule has 0 aliphatic carbocycles. The summed E-state index contributed by atoms with van der Waals surface area (Å²) < 4.78 is 11.0. The molecule has 0 radical (unpaired) electrons.